The first-order valence-electron chi connectivity index (χ1n) is 6.29. The monoisotopic (exact) mass is 325 g/mol. The van der Waals surface area contributed by atoms with Crippen LogP contribution in [0, 0.1) is 12.3 Å². The minimum Gasteiger partial charge on any atom is -0.481 e. The molecule has 0 spiro atoms. The normalized spacial score (nSPS) is 23.7. The van der Waals surface area contributed by atoms with Crippen LogP contribution in [0.3, 0.4) is 0 Å². The number of hydrogen-bond acceptors (Lipinski definition) is 3. The largest absolute Gasteiger partial charge is 0.481 e. The van der Waals surface area contributed by atoms with Crippen molar-refractivity contribution in [1.29, 1.82) is 0 Å². The van der Waals surface area contributed by atoms with Gasteiger partial charge in [0.1, 0.15) is 0 Å². The molecule has 1 aliphatic heterocycles. The van der Waals surface area contributed by atoms with Crippen molar-refractivity contribution < 1.29 is 23.1 Å². The zero-order chi connectivity index (χ0) is 16.0. The van der Waals surface area contributed by atoms with E-state index >= 15 is 0 Å². The topological polar surface area (TPSA) is 58.4 Å². The van der Waals surface area contributed by atoms with Crippen LogP contribution in [0.4, 0.5) is 13.2 Å². The SMILES string of the molecule is Cc1nn(C)c(CN2CCC(C(=O)O)(C(F)(F)F)C2)c1Cl. The Morgan fingerprint density at radius 2 is 2.14 bits per heavy atom. The fourth-order valence-electron chi connectivity index (χ4n) is 2.61. The van der Waals surface area contributed by atoms with Gasteiger partial charge in [0, 0.05) is 26.7 Å². The molecule has 0 saturated carbocycles. The van der Waals surface area contributed by atoms with Gasteiger partial charge in [0.05, 0.1) is 16.4 Å². The summed E-state index contributed by atoms with van der Waals surface area (Å²) in [7, 11) is 1.65. The van der Waals surface area contributed by atoms with Crippen molar-refractivity contribution in [1.82, 2.24) is 14.7 Å². The Labute approximate surface area is 124 Å². The number of alkyl halides is 3. The minimum absolute atomic E-state index is 0.0480. The van der Waals surface area contributed by atoms with E-state index < -0.39 is 30.5 Å². The summed E-state index contributed by atoms with van der Waals surface area (Å²) in [5.74, 6) is -1.83. The molecule has 1 aromatic heterocycles. The maximum atomic E-state index is 13.1. The molecule has 2 rings (SSSR count). The molecule has 0 aliphatic carbocycles. The second-order valence-corrected chi connectivity index (χ2v) is 5.69. The Morgan fingerprint density at radius 3 is 2.52 bits per heavy atom. The molecule has 9 heteroatoms. The maximum Gasteiger partial charge on any atom is 0.406 e. The quantitative estimate of drug-likeness (QED) is 0.926. The van der Waals surface area contributed by atoms with Gasteiger partial charge in [0.25, 0.3) is 0 Å². The number of likely N-dealkylation sites (tertiary alicyclic amines) is 1. The highest BCUT2D eigenvalue weighted by atomic mass is 35.5. The van der Waals surface area contributed by atoms with Gasteiger partial charge in [0.2, 0.25) is 0 Å². The lowest BCUT2D eigenvalue weighted by Gasteiger charge is -2.27. The molecular formula is C12H15ClF3N3O2. The molecule has 0 radical (unpaired) electrons. The Kier molecular flexibility index (Phi) is 3.96. The van der Waals surface area contributed by atoms with Gasteiger partial charge in [-0.2, -0.15) is 18.3 Å². The van der Waals surface area contributed by atoms with Crippen molar-refractivity contribution in [3.63, 3.8) is 0 Å². The number of halogens is 4. The summed E-state index contributed by atoms with van der Waals surface area (Å²) >= 11 is 6.07. The van der Waals surface area contributed by atoms with Crippen molar-refractivity contribution in [2.75, 3.05) is 13.1 Å². The molecule has 1 N–H and O–H groups in total. The van der Waals surface area contributed by atoms with Gasteiger partial charge in [-0.1, -0.05) is 11.6 Å². The van der Waals surface area contributed by atoms with E-state index in [1.165, 1.54) is 9.58 Å². The van der Waals surface area contributed by atoms with E-state index in [0.717, 1.165) is 0 Å². The summed E-state index contributed by atoms with van der Waals surface area (Å²) < 4.78 is 40.8. The van der Waals surface area contributed by atoms with E-state index in [1.807, 2.05) is 0 Å². The first-order valence-corrected chi connectivity index (χ1v) is 6.67. The minimum atomic E-state index is -4.78. The lowest BCUT2D eigenvalue weighted by Crippen LogP contribution is -2.47. The zero-order valence-electron chi connectivity index (χ0n) is 11.5. The Hall–Kier alpha value is -1.28. The van der Waals surface area contributed by atoms with Gasteiger partial charge in [-0.05, 0) is 13.3 Å². The third-order valence-electron chi connectivity index (χ3n) is 3.94. The molecule has 1 fully saturated rings. The number of aromatic nitrogens is 2. The smallest absolute Gasteiger partial charge is 0.406 e. The van der Waals surface area contributed by atoms with Crippen molar-refractivity contribution in [3.8, 4) is 0 Å². The number of hydrogen-bond donors (Lipinski definition) is 1. The Bertz CT molecular complexity index is 573. The molecule has 1 unspecified atom stereocenters. The highest BCUT2D eigenvalue weighted by Gasteiger charge is 2.63. The van der Waals surface area contributed by atoms with Crippen LogP contribution >= 0.6 is 11.6 Å². The molecule has 2 heterocycles. The summed E-state index contributed by atoms with van der Waals surface area (Å²) in [6.07, 6.45) is -5.24. The van der Waals surface area contributed by atoms with E-state index in [0.29, 0.717) is 16.4 Å². The first kappa shape index (κ1) is 16.1. The summed E-state index contributed by atoms with van der Waals surface area (Å²) in [5.41, 5.74) is -1.53. The standard InChI is InChI=1S/C12H15ClF3N3O2/c1-7-9(13)8(18(2)17-7)5-19-4-3-11(6-19,10(20)21)12(14,15)16/h3-6H2,1-2H3,(H,20,21). The van der Waals surface area contributed by atoms with Crippen LogP contribution in [-0.4, -0.2) is 45.0 Å². The Morgan fingerprint density at radius 1 is 1.52 bits per heavy atom. The van der Waals surface area contributed by atoms with Crippen molar-refractivity contribution in [2.45, 2.75) is 26.1 Å². The Balaban J connectivity index is 2.21. The maximum absolute atomic E-state index is 13.1. The molecular weight excluding hydrogens is 311 g/mol. The van der Waals surface area contributed by atoms with E-state index in [4.69, 9.17) is 16.7 Å². The second kappa shape index (κ2) is 5.17. The number of aliphatic carboxylic acids is 1. The van der Waals surface area contributed by atoms with Crippen LogP contribution in [0.15, 0.2) is 0 Å². The number of rotatable bonds is 3. The van der Waals surface area contributed by atoms with Gasteiger partial charge in [-0.25, -0.2) is 0 Å². The van der Waals surface area contributed by atoms with Crippen LogP contribution in [0.5, 0.6) is 0 Å². The van der Waals surface area contributed by atoms with E-state index in [2.05, 4.69) is 5.10 Å². The summed E-state index contributed by atoms with van der Waals surface area (Å²) in [4.78, 5) is 12.6. The fraction of sp³-hybridized carbons (Fsp3) is 0.667. The third-order valence-corrected chi connectivity index (χ3v) is 4.43. The number of nitrogens with zero attached hydrogens (tertiary/aromatic N) is 3. The van der Waals surface area contributed by atoms with Crippen molar-refractivity contribution >= 4 is 17.6 Å². The molecule has 0 aromatic carbocycles. The average Bonchev–Trinajstić information content (AvgIpc) is 2.88. The van der Waals surface area contributed by atoms with Gasteiger partial charge in [0.15, 0.2) is 5.41 Å². The summed E-state index contributed by atoms with van der Waals surface area (Å²) in [6, 6.07) is 0. The summed E-state index contributed by atoms with van der Waals surface area (Å²) in [5, 5.41) is 13.5. The van der Waals surface area contributed by atoms with Crippen LogP contribution in [0.25, 0.3) is 0 Å². The van der Waals surface area contributed by atoms with Gasteiger partial charge >= 0.3 is 12.1 Å². The molecule has 1 aromatic rings. The number of carbonyl (C=O) groups is 1. The molecule has 0 amide bonds. The average molecular weight is 326 g/mol. The second-order valence-electron chi connectivity index (χ2n) is 5.32. The summed E-state index contributed by atoms with van der Waals surface area (Å²) in [6.45, 7) is 1.31. The lowest BCUT2D eigenvalue weighted by molar-refractivity contribution is -0.227. The lowest BCUT2D eigenvalue weighted by atomic mass is 9.86. The van der Waals surface area contributed by atoms with Crippen LogP contribution in [-0.2, 0) is 18.4 Å². The zero-order valence-corrected chi connectivity index (χ0v) is 12.3. The third kappa shape index (κ3) is 2.62. The van der Waals surface area contributed by atoms with Crippen molar-refractivity contribution in [3.05, 3.63) is 16.4 Å². The van der Waals surface area contributed by atoms with Crippen LogP contribution in [0.1, 0.15) is 17.8 Å². The van der Waals surface area contributed by atoms with Crippen LogP contribution in [0.2, 0.25) is 5.02 Å². The van der Waals surface area contributed by atoms with Gasteiger partial charge < -0.3 is 5.11 Å². The first-order chi connectivity index (χ1) is 9.58. The molecule has 1 atom stereocenters. The van der Waals surface area contributed by atoms with Crippen LogP contribution < -0.4 is 0 Å². The van der Waals surface area contributed by atoms with Gasteiger partial charge in [-0.15, -0.1) is 0 Å². The van der Waals surface area contributed by atoms with Crippen molar-refractivity contribution in [2.24, 2.45) is 12.5 Å². The predicted molar refractivity (Wildman–Crippen MR) is 69.0 cm³/mol. The fourth-order valence-corrected chi connectivity index (χ4v) is 2.83. The van der Waals surface area contributed by atoms with E-state index in [-0.39, 0.29) is 13.1 Å². The highest BCUT2D eigenvalue weighted by Crippen LogP contribution is 2.46. The molecule has 0 bridgehead atoms. The van der Waals surface area contributed by atoms with Gasteiger partial charge in [-0.3, -0.25) is 14.4 Å². The molecule has 5 nitrogen and oxygen atoms in total. The number of aryl methyl sites for hydroxylation is 2. The number of carboxylic acid groups (broad SMARTS) is 1. The predicted octanol–water partition coefficient (Wildman–Crippen LogP) is 2.22. The molecule has 118 valence electrons. The van der Waals surface area contributed by atoms with E-state index in [1.54, 1.807) is 14.0 Å². The molecule has 1 saturated heterocycles. The molecule has 1 aliphatic rings. The highest BCUT2D eigenvalue weighted by molar-refractivity contribution is 6.31. The van der Waals surface area contributed by atoms with E-state index in [9.17, 15) is 18.0 Å². The number of carboxylic acids is 1. The molecule has 21 heavy (non-hydrogen) atoms.